The van der Waals surface area contributed by atoms with E-state index in [0.29, 0.717) is 0 Å². The first kappa shape index (κ1) is 12.9. The Hall–Kier alpha value is -1.14. The largest absolute Gasteiger partial charge is 0.460 e. The second-order valence-electron chi connectivity index (χ2n) is 2.31. The molecule has 0 amide bonds. The van der Waals surface area contributed by atoms with E-state index in [4.69, 9.17) is 0 Å². The number of ether oxygens (including phenoxy) is 4. The van der Waals surface area contributed by atoms with Crippen molar-refractivity contribution >= 4 is 11.9 Å². The summed E-state index contributed by atoms with van der Waals surface area (Å²) in [5, 5.41) is 0. The van der Waals surface area contributed by atoms with Crippen LogP contribution in [0.1, 0.15) is 0 Å². The summed E-state index contributed by atoms with van der Waals surface area (Å²) in [7, 11) is 2.78. The van der Waals surface area contributed by atoms with Crippen LogP contribution in [0.5, 0.6) is 0 Å². The van der Waals surface area contributed by atoms with Crippen LogP contribution in [0.15, 0.2) is 0 Å². The zero-order chi connectivity index (χ0) is 10.8. The van der Waals surface area contributed by atoms with Gasteiger partial charge in [0.2, 0.25) is 0 Å². The summed E-state index contributed by atoms with van der Waals surface area (Å²) < 4.78 is 18.3. The third kappa shape index (κ3) is 7.51. The molecule has 0 heterocycles. The van der Waals surface area contributed by atoms with Crippen LogP contribution in [-0.4, -0.2) is 52.6 Å². The highest BCUT2D eigenvalue weighted by Crippen LogP contribution is 1.83. The van der Waals surface area contributed by atoms with Gasteiger partial charge in [-0.1, -0.05) is 0 Å². The molecule has 14 heavy (non-hydrogen) atoms. The Morgan fingerprint density at radius 2 is 1.21 bits per heavy atom. The van der Waals surface area contributed by atoms with Gasteiger partial charge in [0.15, 0.2) is 0 Å². The van der Waals surface area contributed by atoms with Gasteiger partial charge >= 0.3 is 11.9 Å². The molecule has 0 saturated carbocycles. The fourth-order valence-electron chi connectivity index (χ4n) is 0.630. The standard InChI is InChI=1S/C8H14O6/c1-11-5-7(9)13-3-4-14-8(10)6-12-2/h3-6H2,1-2H3. The van der Waals surface area contributed by atoms with Gasteiger partial charge in [0.05, 0.1) is 0 Å². The van der Waals surface area contributed by atoms with E-state index < -0.39 is 11.9 Å². The van der Waals surface area contributed by atoms with Crippen molar-refractivity contribution in [1.82, 2.24) is 0 Å². The maximum absolute atomic E-state index is 10.7. The normalized spacial score (nSPS) is 9.57. The molecule has 0 aliphatic carbocycles. The molecule has 0 aromatic rings. The van der Waals surface area contributed by atoms with Crippen LogP contribution in [0.25, 0.3) is 0 Å². The first-order chi connectivity index (χ1) is 6.70. The molecule has 0 aliphatic heterocycles. The Bertz CT molecular complexity index is 159. The molecular formula is C8H14O6. The van der Waals surface area contributed by atoms with Gasteiger partial charge in [-0.2, -0.15) is 0 Å². The number of carbonyl (C=O) groups excluding carboxylic acids is 2. The lowest BCUT2D eigenvalue weighted by Crippen LogP contribution is -2.18. The van der Waals surface area contributed by atoms with Crippen LogP contribution in [0.3, 0.4) is 0 Å². The van der Waals surface area contributed by atoms with Gasteiger partial charge in [-0.25, -0.2) is 9.59 Å². The molecule has 0 aromatic carbocycles. The van der Waals surface area contributed by atoms with E-state index in [1.807, 2.05) is 0 Å². The first-order valence-electron chi connectivity index (χ1n) is 3.99. The molecule has 0 aliphatic rings. The maximum Gasteiger partial charge on any atom is 0.332 e. The molecule has 0 aromatic heterocycles. The molecule has 0 spiro atoms. The van der Waals surface area contributed by atoms with Gasteiger partial charge in [-0.05, 0) is 0 Å². The van der Waals surface area contributed by atoms with Crippen molar-refractivity contribution in [3.05, 3.63) is 0 Å². The molecule has 0 unspecified atom stereocenters. The van der Waals surface area contributed by atoms with E-state index in [9.17, 15) is 9.59 Å². The summed E-state index contributed by atoms with van der Waals surface area (Å²) in [5.41, 5.74) is 0. The van der Waals surface area contributed by atoms with Gasteiger partial charge in [0.25, 0.3) is 0 Å². The number of carbonyl (C=O) groups is 2. The topological polar surface area (TPSA) is 71.1 Å². The van der Waals surface area contributed by atoms with Crippen molar-refractivity contribution in [3.63, 3.8) is 0 Å². The highest BCUT2D eigenvalue weighted by atomic mass is 16.6. The van der Waals surface area contributed by atoms with Crippen molar-refractivity contribution in [2.45, 2.75) is 0 Å². The highest BCUT2D eigenvalue weighted by Gasteiger charge is 2.03. The number of hydrogen-bond donors (Lipinski definition) is 0. The zero-order valence-electron chi connectivity index (χ0n) is 8.28. The summed E-state index contributed by atoms with van der Waals surface area (Å²) in [6.45, 7) is -0.159. The third-order valence-electron chi connectivity index (χ3n) is 1.13. The van der Waals surface area contributed by atoms with Crippen LogP contribution in [-0.2, 0) is 28.5 Å². The molecule has 6 heteroatoms. The average Bonchev–Trinajstić information content (AvgIpc) is 2.13. The summed E-state index contributed by atoms with van der Waals surface area (Å²) in [5.74, 6) is -0.981. The van der Waals surface area contributed by atoms with Crippen molar-refractivity contribution in [1.29, 1.82) is 0 Å². The van der Waals surface area contributed by atoms with Crippen LogP contribution >= 0.6 is 0 Å². The van der Waals surface area contributed by atoms with Crippen LogP contribution < -0.4 is 0 Å². The first-order valence-corrected chi connectivity index (χ1v) is 3.99. The van der Waals surface area contributed by atoms with E-state index >= 15 is 0 Å². The minimum absolute atomic E-state index is 0.0254. The molecule has 0 fully saturated rings. The van der Waals surface area contributed by atoms with Gasteiger partial charge in [0, 0.05) is 14.2 Å². The van der Waals surface area contributed by atoms with Gasteiger partial charge < -0.3 is 18.9 Å². The van der Waals surface area contributed by atoms with Crippen LogP contribution in [0.2, 0.25) is 0 Å². The lowest BCUT2D eigenvalue weighted by atomic mass is 10.7. The Kier molecular flexibility index (Phi) is 7.77. The Balaban J connectivity index is 3.28. The minimum atomic E-state index is -0.490. The lowest BCUT2D eigenvalue weighted by molar-refractivity contribution is -0.156. The van der Waals surface area contributed by atoms with Crippen molar-refractivity contribution in [2.24, 2.45) is 0 Å². The number of hydrogen-bond acceptors (Lipinski definition) is 6. The van der Waals surface area contributed by atoms with Crippen molar-refractivity contribution in [2.75, 3.05) is 40.6 Å². The summed E-state index contributed by atoms with van der Waals surface area (Å²) >= 11 is 0. The average molecular weight is 206 g/mol. The lowest BCUT2D eigenvalue weighted by Gasteiger charge is -2.05. The van der Waals surface area contributed by atoms with E-state index in [1.165, 1.54) is 14.2 Å². The molecule has 0 N–H and O–H groups in total. The fourth-order valence-corrected chi connectivity index (χ4v) is 0.630. The fraction of sp³-hybridized carbons (Fsp3) is 0.750. The maximum atomic E-state index is 10.7. The van der Waals surface area contributed by atoms with E-state index in [-0.39, 0.29) is 26.4 Å². The Morgan fingerprint density at radius 1 is 0.857 bits per heavy atom. The number of rotatable bonds is 7. The van der Waals surface area contributed by atoms with Crippen LogP contribution in [0.4, 0.5) is 0 Å². The SMILES string of the molecule is COCC(=O)OCCOC(=O)COC. The monoisotopic (exact) mass is 206 g/mol. The molecule has 0 saturated heterocycles. The van der Waals surface area contributed by atoms with Crippen LogP contribution in [0, 0.1) is 0 Å². The summed E-state index contributed by atoms with van der Waals surface area (Å²) in [6, 6.07) is 0. The molecule has 82 valence electrons. The third-order valence-corrected chi connectivity index (χ3v) is 1.13. The summed E-state index contributed by atoms with van der Waals surface area (Å²) in [6.07, 6.45) is 0. The smallest absolute Gasteiger partial charge is 0.332 e. The Labute approximate surface area is 82.1 Å². The molecular weight excluding hydrogens is 192 g/mol. The predicted octanol–water partition coefficient (Wildman–Crippen LogP) is -0.634. The number of methoxy groups -OCH3 is 2. The van der Waals surface area contributed by atoms with Gasteiger partial charge in [0.1, 0.15) is 26.4 Å². The Morgan fingerprint density at radius 3 is 1.50 bits per heavy atom. The van der Waals surface area contributed by atoms with Gasteiger partial charge in [-0.3, -0.25) is 0 Å². The molecule has 0 atom stereocenters. The van der Waals surface area contributed by atoms with E-state index in [2.05, 4.69) is 18.9 Å². The highest BCUT2D eigenvalue weighted by molar-refractivity contribution is 5.71. The molecule has 0 bridgehead atoms. The number of esters is 2. The van der Waals surface area contributed by atoms with Crippen molar-refractivity contribution < 1.29 is 28.5 Å². The minimum Gasteiger partial charge on any atom is -0.460 e. The van der Waals surface area contributed by atoms with Gasteiger partial charge in [-0.15, -0.1) is 0 Å². The zero-order valence-corrected chi connectivity index (χ0v) is 8.28. The van der Waals surface area contributed by atoms with E-state index in [1.54, 1.807) is 0 Å². The van der Waals surface area contributed by atoms with E-state index in [0.717, 1.165) is 0 Å². The second-order valence-corrected chi connectivity index (χ2v) is 2.31. The quantitative estimate of drug-likeness (QED) is 0.408. The summed E-state index contributed by atoms with van der Waals surface area (Å²) in [4.78, 5) is 21.4. The molecule has 6 nitrogen and oxygen atoms in total. The van der Waals surface area contributed by atoms with Crippen molar-refractivity contribution in [3.8, 4) is 0 Å². The molecule has 0 radical (unpaired) electrons. The predicted molar refractivity (Wildman–Crippen MR) is 45.7 cm³/mol. The second kappa shape index (κ2) is 8.46. The molecule has 0 rings (SSSR count).